The van der Waals surface area contributed by atoms with Crippen LogP contribution in [0.3, 0.4) is 0 Å². The average Bonchev–Trinajstić information content (AvgIpc) is 2.03. The minimum Gasteiger partial charge on any atom is -0.265 e. The van der Waals surface area contributed by atoms with Gasteiger partial charge in [0.25, 0.3) is 0 Å². The van der Waals surface area contributed by atoms with Crippen molar-refractivity contribution in [3.8, 4) is 0 Å². The van der Waals surface area contributed by atoms with Crippen molar-refractivity contribution in [2.75, 3.05) is 0 Å². The summed E-state index contributed by atoms with van der Waals surface area (Å²) in [6.45, 7) is 1.54. The fourth-order valence-corrected chi connectivity index (χ4v) is 1.59. The Balaban J connectivity index is 0.00000144. The Labute approximate surface area is 88.0 Å². The van der Waals surface area contributed by atoms with Gasteiger partial charge in [-0.25, -0.2) is 8.42 Å². The van der Waals surface area contributed by atoms with Crippen LogP contribution in [0.2, 0.25) is 0 Å². The standard InChI is InChI=1S/C7H8ClNO2S.ClH/c1-6(12(8,10)11)7-2-4-9-5-3-7;/h2-6H,1H3;1H. The molecule has 0 aromatic carbocycles. The molecule has 0 fully saturated rings. The molecular formula is C7H9Cl2NO2S. The van der Waals surface area contributed by atoms with E-state index in [1.807, 2.05) is 0 Å². The van der Waals surface area contributed by atoms with E-state index in [2.05, 4.69) is 4.98 Å². The maximum atomic E-state index is 10.9. The molecule has 13 heavy (non-hydrogen) atoms. The molecule has 1 aromatic rings. The summed E-state index contributed by atoms with van der Waals surface area (Å²) in [5.41, 5.74) is 0.653. The fourth-order valence-electron chi connectivity index (χ4n) is 0.797. The van der Waals surface area contributed by atoms with Gasteiger partial charge in [-0.2, -0.15) is 0 Å². The highest BCUT2D eigenvalue weighted by molar-refractivity contribution is 8.13. The Morgan fingerprint density at radius 1 is 1.38 bits per heavy atom. The summed E-state index contributed by atoms with van der Waals surface area (Å²) in [4.78, 5) is 3.77. The van der Waals surface area contributed by atoms with E-state index in [0.29, 0.717) is 5.56 Å². The molecule has 0 bridgehead atoms. The molecule has 0 aliphatic carbocycles. The molecule has 1 unspecified atom stereocenters. The van der Waals surface area contributed by atoms with Gasteiger partial charge in [0.15, 0.2) is 0 Å². The van der Waals surface area contributed by atoms with Crippen LogP contribution in [-0.4, -0.2) is 13.4 Å². The molecule has 0 N–H and O–H groups in total. The third-order valence-electron chi connectivity index (χ3n) is 1.60. The van der Waals surface area contributed by atoms with Gasteiger partial charge in [-0.15, -0.1) is 12.4 Å². The van der Waals surface area contributed by atoms with Crippen LogP contribution in [0, 0.1) is 0 Å². The lowest BCUT2D eigenvalue weighted by molar-refractivity contribution is 0.600. The summed E-state index contributed by atoms with van der Waals surface area (Å²) in [5, 5.41) is -0.679. The molecule has 1 heterocycles. The number of hydrogen-bond donors (Lipinski definition) is 0. The molecule has 6 heteroatoms. The molecule has 0 amide bonds. The minimum absolute atomic E-state index is 0. The van der Waals surface area contributed by atoms with Crippen molar-refractivity contribution in [3.05, 3.63) is 30.1 Å². The third kappa shape index (κ3) is 3.50. The first-order valence-corrected chi connectivity index (χ1v) is 5.72. The van der Waals surface area contributed by atoms with E-state index >= 15 is 0 Å². The van der Waals surface area contributed by atoms with E-state index in [1.165, 1.54) is 19.3 Å². The van der Waals surface area contributed by atoms with Gasteiger partial charge in [0.2, 0.25) is 9.05 Å². The van der Waals surface area contributed by atoms with Crippen molar-refractivity contribution < 1.29 is 8.42 Å². The molecular weight excluding hydrogens is 233 g/mol. The minimum atomic E-state index is -3.51. The van der Waals surface area contributed by atoms with E-state index in [4.69, 9.17) is 10.7 Å². The number of pyridine rings is 1. The summed E-state index contributed by atoms with van der Waals surface area (Å²) in [5.74, 6) is 0. The van der Waals surface area contributed by atoms with Crippen LogP contribution in [0.25, 0.3) is 0 Å². The van der Waals surface area contributed by atoms with Crippen LogP contribution in [0.4, 0.5) is 0 Å². The molecule has 0 saturated heterocycles. The highest BCUT2D eigenvalue weighted by atomic mass is 35.7. The van der Waals surface area contributed by atoms with Crippen LogP contribution in [0.15, 0.2) is 24.5 Å². The average molecular weight is 242 g/mol. The number of hydrogen-bond acceptors (Lipinski definition) is 3. The first-order chi connectivity index (χ1) is 5.52. The summed E-state index contributed by atoms with van der Waals surface area (Å²) < 4.78 is 21.8. The normalized spacial score (nSPS) is 13.1. The smallest absolute Gasteiger partial charge is 0.239 e. The zero-order chi connectivity index (χ0) is 9.19. The highest BCUT2D eigenvalue weighted by Crippen LogP contribution is 2.23. The van der Waals surface area contributed by atoms with Gasteiger partial charge in [0, 0.05) is 23.1 Å². The zero-order valence-electron chi connectivity index (χ0n) is 6.84. The Morgan fingerprint density at radius 3 is 2.23 bits per heavy atom. The van der Waals surface area contributed by atoms with E-state index in [1.54, 1.807) is 12.1 Å². The number of halogens is 2. The molecule has 74 valence electrons. The van der Waals surface area contributed by atoms with Crippen molar-refractivity contribution in [2.24, 2.45) is 0 Å². The lowest BCUT2D eigenvalue weighted by atomic mass is 10.2. The lowest BCUT2D eigenvalue weighted by Gasteiger charge is -2.05. The van der Waals surface area contributed by atoms with Gasteiger partial charge < -0.3 is 0 Å². The van der Waals surface area contributed by atoms with E-state index < -0.39 is 14.3 Å². The van der Waals surface area contributed by atoms with Gasteiger partial charge >= 0.3 is 0 Å². The topological polar surface area (TPSA) is 47.0 Å². The maximum absolute atomic E-state index is 10.9. The molecule has 0 aliphatic heterocycles. The van der Waals surface area contributed by atoms with E-state index in [9.17, 15) is 8.42 Å². The number of nitrogens with zero attached hydrogens (tertiary/aromatic N) is 1. The molecule has 1 rings (SSSR count). The van der Waals surface area contributed by atoms with Gasteiger partial charge in [-0.05, 0) is 24.6 Å². The fraction of sp³-hybridized carbons (Fsp3) is 0.286. The van der Waals surface area contributed by atoms with Gasteiger partial charge in [0.05, 0.1) is 5.25 Å². The van der Waals surface area contributed by atoms with Crippen LogP contribution >= 0.6 is 23.1 Å². The Morgan fingerprint density at radius 2 is 1.85 bits per heavy atom. The zero-order valence-corrected chi connectivity index (χ0v) is 9.23. The van der Waals surface area contributed by atoms with E-state index in [0.717, 1.165) is 0 Å². The molecule has 1 aromatic heterocycles. The Bertz CT molecular complexity index is 352. The van der Waals surface area contributed by atoms with Gasteiger partial charge in [0.1, 0.15) is 0 Å². The van der Waals surface area contributed by atoms with Crippen molar-refractivity contribution in [3.63, 3.8) is 0 Å². The quantitative estimate of drug-likeness (QED) is 0.746. The lowest BCUT2D eigenvalue weighted by Crippen LogP contribution is -2.02. The first kappa shape index (κ1) is 12.7. The monoisotopic (exact) mass is 241 g/mol. The van der Waals surface area contributed by atoms with Crippen molar-refractivity contribution in [1.82, 2.24) is 4.98 Å². The molecule has 0 spiro atoms. The SMILES string of the molecule is CC(c1ccncc1)S(=O)(=O)Cl.Cl. The second-order valence-corrected chi connectivity index (χ2v) is 5.35. The molecule has 0 aliphatic rings. The molecule has 3 nitrogen and oxygen atoms in total. The van der Waals surface area contributed by atoms with Crippen LogP contribution in [0.5, 0.6) is 0 Å². The molecule has 1 atom stereocenters. The number of rotatable bonds is 2. The highest BCUT2D eigenvalue weighted by Gasteiger charge is 2.18. The summed E-state index contributed by atoms with van der Waals surface area (Å²) in [6, 6.07) is 3.26. The summed E-state index contributed by atoms with van der Waals surface area (Å²) in [6.07, 6.45) is 3.07. The maximum Gasteiger partial charge on any atom is 0.239 e. The van der Waals surface area contributed by atoms with Gasteiger partial charge in [-0.3, -0.25) is 4.98 Å². The Kier molecular flexibility index (Phi) is 4.67. The second kappa shape index (κ2) is 4.79. The van der Waals surface area contributed by atoms with Crippen molar-refractivity contribution in [2.45, 2.75) is 12.2 Å². The largest absolute Gasteiger partial charge is 0.265 e. The van der Waals surface area contributed by atoms with Crippen molar-refractivity contribution in [1.29, 1.82) is 0 Å². The second-order valence-electron chi connectivity index (χ2n) is 2.40. The predicted octanol–water partition coefficient (Wildman–Crippen LogP) is 2.13. The summed E-state index contributed by atoms with van der Waals surface area (Å²) in [7, 11) is 1.66. The molecule has 0 saturated carbocycles. The van der Waals surface area contributed by atoms with Crippen LogP contribution in [-0.2, 0) is 9.05 Å². The van der Waals surface area contributed by atoms with Crippen LogP contribution < -0.4 is 0 Å². The van der Waals surface area contributed by atoms with Gasteiger partial charge in [-0.1, -0.05) is 0 Å². The molecule has 0 radical (unpaired) electrons. The van der Waals surface area contributed by atoms with Crippen molar-refractivity contribution >= 4 is 32.1 Å². The number of aromatic nitrogens is 1. The summed E-state index contributed by atoms with van der Waals surface area (Å²) >= 11 is 0. The van der Waals surface area contributed by atoms with E-state index in [-0.39, 0.29) is 12.4 Å². The first-order valence-electron chi connectivity index (χ1n) is 3.35. The van der Waals surface area contributed by atoms with Crippen LogP contribution in [0.1, 0.15) is 17.7 Å². The Hall–Kier alpha value is -0.320. The predicted molar refractivity (Wildman–Crippen MR) is 54.7 cm³/mol. The third-order valence-corrected chi connectivity index (χ3v) is 3.52.